The molecule has 0 aromatic carbocycles. The summed E-state index contributed by atoms with van der Waals surface area (Å²) < 4.78 is 0. The third-order valence-electron chi connectivity index (χ3n) is 1.58. The molecule has 0 saturated heterocycles. The van der Waals surface area contributed by atoms with Crippen LogP contribution in [0.4, 0.5) is 0 Å². The second kappa shape index (κ2) is 4.97. The lowest BCUT2D eigenvalue weighted by Gasteiger charge is -2.04. The van der Waals surface area contributed by atoms with E-state index >= 15 is 0 Å². The third kappa shape index (κ3) is 3.08. The van der Waals surface area contributed by atoms with Gasteiger partial charge in [0, 0.05) is 17.3 Å². The summed E-state index contributed by atoms with van der Waals surface area (Å²) in [6, 6.07) is 4.36. The molecule has 1 rings (SSSR count). The molecule has 0 saturated carbocycles. The summed E-state index contributed by atoms with van der Waals surface area (Å²) >= 11 is 1.76. The largest absolute Gasteiger partial charge is 0.327 e. The third-order valence-corrected chi connectivity index (χ3v) is 2.48. The van der Waals surface area contributed by atoms with E-state index in [0.29, 0.717) is 0 Å². The summed E-state index contributed by atoms with van der Waals surface area (Å²) in [5.41, 5.74) is 5.86. The van der Waals surface area contributed by atoms with Crippen LogP contribution in [0.25, 0.3) is 0 Å². The van der Waals surface area contributed by atoms with Crippen LogP contribution in [0.2, 0.25) is 0 Å². The first kappa shape index (κ1) is 9.31. The Bertz CT molecular complexity index is 266. The lowest BCUT2D eigenvalue weighted by atomic mass is 10.1. The van der Waals surface area contributed by atoms with E-state index in [2.05, 4.69) is 29.4 Å². The van der Waals surface area contributed by atoms with Crippen LogP contribution in [-0.4, -0.2) is 6.04 Å². The Morgan fingerprint density at radius 1 is 1.67 bits per heavy atom. The number of thiophene rings is 1. The predicted molar refractivity (Wildman–Crippen MR) is 54.1 cm³/mol. The molecule has 2 heteroatoms. The molecule has 0 fully saturated rings. The van der Waals surface area contributed by atoms with E-state index in [9.17, 15) is 0 Å². The van der Waals surface area contributed by atoms with Crippen molar-refractivity contribution in [3.05, 3.63) is 22.4 Å². The zero-order valence-electron chi connectivity index (χ0n) is 7.21. The minimum absolute atomic E-state index is 0.191. The van der Waals surface area contributed by atoms with Crippen molar-refractivity contribution in [3.8, 4) is 11.8 Å². The van der Waals surface area contributed by atoms with Gasteiger partial charge in [-0.1, -0.05) is 6.07 Å². The van der Waals surface area contributed by atoms with Crippen LogP contribution < -0.4 is 5.73 Å². The van der Waals surface area contributed by atoms with Gasteiger partial charge in [-0.25, -0.2) is 0 Å². The molecule has 12 heavy (non-hydrogen) atoms. The Morgan fingerprint density at radius 3 is 3.08 bits per heavy atom. The number of rotatable bonds is 3. The minimum atomic E-state index is 0.191. The number of nitrogens with two attached hydrogens (primary N) is 1. The second-order valence-corrected chi connectivity index (χ2v) is 3.71. The first-order valence-electron chi connectivity index (χ1n) is 4.00. The van der Waals surface area contributed by atoms with Gasteiger partial charge < -0.3 is 5.73 Å². The van der Waals surface area contributed by atoms with Gasteiger partial charge in [0.25, 0.3) is 0 Å². The molecule has 1 unspecified atom stereocenters. The molecule has 0 radical (unpaired) electrons. The van der Waals surface area contributed by atoms with Crippen molar-refractivity contribution in [2.24, 2.45) is 5.73 Å². The van der Waals surface area contributed by atoms with Gasteiger partial charge in [-0.2, -0.15) is 0 Å². The molecule has 1 atom stereocenters. The highest BCUT2D eigenvalue weighted by Crippen LogP contribution is 2.11. The van der Waals surface area contributed by atoms with Crippen molar-refractivity contribution >= 4 is 11.3 Å². The Balaban J connectivity index is 2.35. The lowest BCUT2D eigenvalue weighted by molar-refractivity contribution is 0.696. The lowest BCUT2D eigenvalue weighted by Crippen LogP contribution is -2.21. The van der Waals surface area contributed by atoms with Crippen molar-refractivity contribution < 1.29 is 0 Å². The molecule has 2 N–H and O–H groups in total. The maximum absolute atomic E-state index is 5.86. The van der Waals surface area contributed by atoms with Crippen LogP contribution in [-0.2, 0) is 6.42 Å². The summed E-state index contributed by atoms with van der Waals surface area (Å²) in [5.74, 6) is 5.84. The minimum Gasteiger partial charge on any atom is -0.327 e. The van der Waals surface area contributed by atoms with Gasteiger partial charge in [0.2, 0.25) is 0 Å². The molecular weight excluding hydrogens is 166 g/mol. The maximum atomic E-state index is 5.86. The number of hydrogen-bond acceptors (Lipinski definition) is 2. The molecule has 1 heterocycles. The standard InChI is InChI=1S/C10H13NS/c1-2-3-5-9(11)8-10-6-4-7-12-10/h4,6-7,9H,5,8,11H2,1H3. The number of hydrogen-bond donors (Lipinski definition) is 1. The fourth-order valence-corrected chi connectivity index (χ4v) is 1.79. The van der Waals surface area contributed by atoms with E-state index in [-0.39, 0.29) is 6.04 Å². The molecule has 1 aromatic heterocycles. The van der Waals surface area contributed by atoms with Crippen LogP contribution in [0, 0.1) is 11.8 Å². The van der Waals surface area contributed by atoms with Crippen molar-refractivity contribution in [1.82, 2.24) is 0 Å². The molecule has 1 nitrogen and oxygen atoms in total. The van der Waals surface area contributed by atoms with E-state index in [1.807, 2.05) is 6.92 Å². The molecule has 0 spiro atoms. The average Bonchev–Trinajstić information content (AvgIpc) is 2.53. The van der Waals surface area contributed by atoms with Crippen molar-refractivity contribution in [2.45, 2.75) is 25.8 Å². The summed E-state index contributed by atoms with van der Waals surface area (Å²) in [4.78, 5) is 1.35. The van der Waals surface area contributed by atoms with Gasteiger partial charge in [0.15, 0.2) is 0 Å². The van der Waals surface area contributed by atoms with Crippen LogP contribution in [0.3, 0.4) is 0 Å². The van der Waals surface area contributed by atoms with Crippen molar-refractivity contribution in [3.63, 3.8) is 0 Å². The van der Waals surface area contributed by atoms with Crippen molar-refractivity contribution in [2.75, 3.05) is 0 Å². The maximum Gasteiger partial charge on any atom is 0.0244 e. The van der Waals surface area contributed by atoms with Gasteiger partial charge in [0.1, 0.15) is 0 Å². The van der Waals surface area contributed by atoms with Crippen LogP contribution in [0.15, 0.2) is 17.5 Å². The quantitative estimate of drug-likeness (QED) is 0.706. The molecule has 0 bridgehead atoms. The summed E-state index contributed by atoms with van der Waals surface area (Å²) in [5, 5.41) is 2.08. The summed E-state index contributed by atoms with van der Waals surface area (Å²) in [7, 11) is 0. The zero-order valence-corrected chi connectivity index (χ0v) is 8.03. The first-order valence-corrected chi connectivity index (χ1v) is 4.88. The monoisotopic (exact) mass is 179 g/mol. The molecule has 0 aliphatic rings. The SMILES string of the molecule is CC#CCC(N)Cc1cccs1. The van der Waals surface area contributed by atoms with Crippen LogP contribution in [0.1, 0.15) is 18.2 Å². The highest BCUT2D eigenvalue weighted by atomic mass is 32.1. The average molecular weight is 179 g/mol. The smallest absolute Gasteiger partial charge is 0.0244 e. The van der Waals surface area contributed by atoms with E-state index in [0.717, 1.165) is 12.8 Å². The van der Waals surface area contributed by atoms with E-state index in [1.54, 1.807) is 11.3 Å². The predicted octanol–water partition coefficient (Wildman–Crippen LogP) is 2.03. The van der Waals surface area contributed by atoms with E-state index in [4.69, 9.17) is 5.73 Å². The fraction of sp³-hybridized carbons (Fsp3) is 0.400. The second-order valence-electron chi connectivity index (χ2n) is 2.67. The van der Waals surface area contributed by atoms with E-state index < -0.39 is 0 Å². The Labute approximate surface area is 77.6 Å². The zero-order chi connectivity index (χ0) is 8.81. The van der Waals surface area contributed by atoms with E-state index in [1.165, 1.54) is 4.88 Å². The van der Waals surface area contributed by atoms with Gasteiger partial charge in [-0.3, -0.25) is 0 Å². The topological polar surface area (TPSA) is 26.0 Å². The van der Waals surface area contributed by atoms with Crippen LogP contribution in [0.5, 0.6) is 0 Å². The van der Waals surface area contributed by atoms with Crippen molar-refractivity contribution in [1.29, 1.82) is 0 Å². The van der Waals surface area contributed by atoms with Crippen LogP contribution >= 0.6 is 11.3 Å². The molecular formula is C10H13NS. The Hall–Kier alpha value is -0.780. The summed E-state index contributed by atoms with van der Waals surface area (Å²) in [6.07, 6.45) is 1.75. The molecule has 0 aliphatic carbocycles. The highest BCUT2D eigenvalue weighted by molar-refractivity contribution is 7.09. The van der Waals surface area contributed by atoms with Gasteiger partial charge >= 0.3 is 0 Å². The Morgan fingerprint density at radius 2 is 2.50 bits per heavy atom. The van der Waals surface area contributed by atoms with Gasteiger partial charge in [-0.05, 0) is 24.8 Å². The molecule has 1 aromatic rings. The normalized spacial score (nSPS) is 11.8. The molecule has 0 amide bonds. The van der Waals surface area contributed by atoms with Gasteiger partial charge in [-0.15, -0.1) is 23.2 Å². The highest BCUT2D eigenvalue weighted by Gasteiger charge is 2.01. The fourth-order valence-electron chi connectivity index (χ4n) is 0.992. The molecule has 64 valence electrons. The van der Waals surface area contributed by atoms with Gasteiger partial charge in [0.05, 0.1) is 0 Å². The Kier molecular flexibility index (Phi) is 3.86. The summed E-state index contributed by atoms with van der Waals surface area (Å²) in [6.45, 7) is 1.85. The first-order chi connectivity index (χ1) is 5.83. The molecule has 0 aliphatic heterocycles.